The van der Waals surface area contributed by atoms with Gasteiger partial charge in [0.2, 0.25) is 5.88 Å². The molecule has 3 atom stereocenters. The van der Waals surface area contributed by atoms with Gasteiger partial charge in [-0.05, 0) is 61.9 Å². The maximum Gasteiger partial charge on any atom is 0.328 e. The summed E-state index contributed by atoms with van der Waals surface area (Å²) in [5.74, 6) is 0.424. The largest absolute Gasteiger partial charge is 0.467 e. The van der Waals surface area contributed by atoms with Crippen LogP contribution in [-0.4, -0.2) is 36.2 Å². The van der Waals surface area contributed by atoms with Gasteiger partial charge in [0.15, 0.2) is 0 Å². The van der Waals surface area contributed by atoms with Crippen molar-refractivity contribution in [3.8, 4) is 11.6 Å². The van der Waals surface area contributed by atoms with Crippen molar-refractivity contribution in [2.75, 3.05) is 17.3 Å². The molecular weight excluding hydrogens is 506 g/mol. The van der Waals surface area contributed by atoms with Crippen LogP contribution in [0.4, 0.5) is 11.4 Å². The minimum atomic E-state index is -0.847. The summed E-state index contributed by atoms with van der Waals surface area (Å²) in [5.41, 5.74) is 0.245. The van der Waals surface area contributed by atoms with E-state index in [4.69, 9.17) is 21.1 Å². The van der Waals surface area contributed by atoms with Crippen LogP contribution in [-0.2, 0) is 16.0 Å². The summed E-state index contributed by atoms with van der Waals surface area (Å²) in [4.78, 5) is 43.9. The van der Waals surface area contributed by atoms with E-state index >= 15 is 0 Å². The molecule has 1 saturated heterocycles. The Labute approximate surface area is 224 Å². The molecule has 9 heteroatoms. The van der Waals surface area contributed by atoms with Gasteiger partial charge in [-0.3, -0.25) is 9.59 Å². The lowest BCUT2D eigenvalue weighted by molar-refractivity contribution is -0.141. The van der Waals surface area contributed by atoms with Crippen LogP contribution >= 0.6 is 11.6 Å². The van der Waals surface area contributed by atoms with Gasteiger partial charge in [-0.15, -0.1) is 0 Å². The first-order valence-corrected chi connectivity index (χ1v) is 12.9. The van der Waals surface area contributed by atoms with E-state index in [-0.39, 0.29) is 24.2 Å². The number of hydrogen-bond donors (Lipinski definition) is 1. The Bertz CT molecular complexity index is 1550. The van der Waals surface area contributed by atoms with Crippen LogP contribution in [0.3, 0.4) is 0 Å². The minimum Gasteiger partial charge on any atom is -0.467 e. The molecule has 0 saturated carbocycles. The molecule has 1 aliphatic rings. The number of anilines is 2. The van der Waals surface area contributed by atoms with Crippen molar-refractivity contribution in [3.63, 3.8) is 0 Å². The quantitative estimate of drug-likeness (QED) is 0.195. The number of fused-ring (bicyclic) bond motifs is 1. The number of aromatic nitrogens is 1. The Hall–Kier alpha value is -3.91. The summed E-state index contributed by atoms with van der Waals surface area (Å²) in [6.45, 7) is 4.07. The molecule has 5 rings (SSSR count). The van der Waals surface area contributed by atoms with E-state index in [2.05, 4.69) is 10.3 Å². The van der Waals surface area contributed by atoms with E-state index in [1.807, 2.05) is 55.1 Å². The molecule has 0 bridgehead atoms. The van der Waals surface area contributed by atoms with Crippen molar-refractivity contribution in [2.24, 2.45) is 0 Å². The smallest absolute Gasteiger partial charge is 0.328 e. The Morgan fingerprint density at radius 2 is 1.76 bits per heavy atom. The first kappa shape index (κ1) is 25.7. The molecule has 3 aromatic carbocycles. The number of carbonyl (C=O) groups excluding carboxylic acids is 1. The predicted octanol–water partition coefficient (Wildman–Crippen LogP) is 4.85. The zero-order chi connectivity index (χ0) is 27.0. The molecule has 0 aliphatic carbocycles. The molecule has 38 heavy (non-hydrogen) atoms. The average molecular weight is 534 g/mol. The molecule has 1 aliphatic heterocycles. The Morgan fingerprint density at radius 1 is 1.08 bits per heavy atom. The normalized spacial score (nSPS) is 18.1. The van der Waals surface area contributed by atoms with Crippen molar-refractivity contribution >= 4 is 39.7 Å². The third kappa shape index (κ3) is 4.84. The first-order chi connectivity index (χ1) is 18.3. The summed E-state index contributed by atoms with van der Waals surface area (Å²) >= 11 is 6.17. The number of nitrogens with one attached hydrogen (secondary N) is 1. The molecule has 2 heterocycles. The molecular formula is C29H28ClN3O5. The maximum absolute atomic E-state index is 12.6. The third-order valence-electron chi connectivity index (χ3n) is 7.15. The highest BCUT2D eigenvalue weighted by Gasteiger charge is 2.37. The molecule has 1 fully saturated rings. The number of carbonyl (C=O) groups is 1. The number of pyridine rings is 1. The van der Waals surface area contributed by atoms with Crippen LogP contribution in [0.1, 0.15) is 32.3 Å². The summed E-state index contributed by atoms with van der Waals surface area (Å²) in [5, 5.41) is 5.10. The van der Waals surface area contributed by atoms with Crippen LogP contribution in [0.2, 0.25) is 5.15 Å². The molecule has 0 amide bonds. The predicted molar refractivity (Wildman–Crippen MR) is 148 cm³/mol. The van der Waals surface area contributed by atoms with Gasteiger partial charge in [0, 0.05) is 23.9 Å². The first-order valence-electron chi connectivity index (χ1n) is 12.5. The molecule has 0 unspecified atom stereocenters. The lowest BCUT2D eigenvalue weighted by Crippen LogP contribution is -2.48. The van der Waals surface area contributed by atoms with Crippen LogP contribution in [0.15, 0.2) is 64.2 Å². The molecule has 196 valence electrons. The van der Waals surface area contributed by atoms with Crippen molar-refractivity contribution in [1.82, 2.24) is 4.98 Å². The van der Waals surface area contributed by atoms with E-state index in [1.165, 1.54) is 7.11 Å². The average Bonchev–Trinajstić information content (AvgIpc) is 3.24. The number of rotatable bonds is 8. The number of halogens is 1. The zero-order valence-corrected chi connectivity index (χ0v) is 22.1. The lowest BCUT2D eigenvalue weighted by Gasteiger charge is -2.32. The molecule has 0 spiro atoms. The van der Waals surface area contributed by atoms with Crippen LogP contribution < -0.4 is 25.8 Å². The Balaban J connectivity index is 1.35. The molecule has 1 aromatic heterocycles. The van der Waals surface area contributed by atoms with Gasteiger partial charge in [-0.1, -0.05) is 41.9 Å². The van der Waals surface area contributed by atoms with Gasteiger partial charge in [-0.2, -0.15) is 0 Å². The van der Waals surface area contributed by atoms with Gasteiger partial charge < -0.3 is 19.7 Å². The molecule has 0 radical (unpaired) electrons. The van der Waals surface area contributed by atoms with Crippen LogP contribution in [0.5, 0.6) is 11.6 Å². The van der Waals surface area contributed by atoms with Gasteiger partial charge in [-0.25, -0.2) is 9.78 Å². The number of benzene rings is 2. The molecule has 1 N–H and O–H groups in total. The van der Waals surface area contributed by atoms with Gasteiger partial charge in [0.1, 0.15) is 28.3 Å². The van der Waals surface area contributed by atoms with Crippen LogP contribution in [0.25, 0.3) is 10.8 Å². The summed E-state index contributed by atoms with van der Waals surface area (Å²) in [6, 6.07) is 16.1. The van der Waals surface area contributed by atoms with Crippen molar-refractivity contribution in [3.05, 3.63) is 85.8 Å². The summed E-state index contributed by atoms with van der Waals surface area (Å²) in [6.07, 6.45) is 2.12. The van der Waals surface area contributed by atoms with Crippen molar-refractivity contribution in [2.45, 2.75) is 51.2 Å². The van der Waals surface area contributed by atoms with Crippen LogP contribution in [0, 0.1) is 0 Å². The highest BCUT2D eigenvalue weighted by Crippen LogP contribution is 2.33. The number of methoxy groups -OCH3 is 1. The number of hydrogen-bond acceptors (Lipinski definition) is 8. The van der Waals surface area contributed by atoms with Gasteiger partial charge >= 0.3 is 5.97 Å². The summed E-state index contributed by atoms with van der Waals surface area (Å²) in [7, 11) is 1.30. The summed E-state index contributed by atoms with van der Waals surface area (Å²) < 4.78 is 11.0. The Morgan fingerprint density at radius 3 is 2.45 bits per heavy atom. The highest BCUT2D eigenvalue weighted by atomic mass is 35.5. The Kier molecular flexibility index (Phi) is 7.08. The second-order valence-electron chi connectivity index (χ2n) is 9.71. The number of ether oxygens (including phenoxy) is 2. The molecule has 8 nitrogen and oxygen atoms in total. The van der Waals surface area contributed by atoms with E-state index in [1.54, 1.807) is 18.2 Å². The van der Waals surface area contributed by atoms with E-state index in [0.29, 0.717) is 22.5 Å². The lowest BCUT2D eigenvalue weighted by atomic mass is 10.0. The second kappa shape index (κ2) is 10.5. The van der Waals surface area contributed by atoms with Crippen molar-refractivity contribution in [1.29, 1.82) is 0 Å². The number of nitrogens with zero attached hydrogens (tertiary/aromatic N) is 2. The van der Waals surface area contributed by atoms with Crippen molar-refractivity contribution < 1.29 is 14.3 Å². The van der Waals surface area contributed by atoms with E-state index < -0.39 is 22.9 Å². The topological polar surface area (TPSA) is 97.8 Å². The van der Waals surface area contributed by atoms with Gasteiger partial charge in [0.05, 0.1) is 7.11 Å². The van der Waals surface area contributed by atoms with E-state index in [9.17, 15) is 14.4 Å². The second-order valence-corrected chi connectivity index (χ2v) is 10.1. The number of esters is 1. The minimum absolute atomic E-state index is 0.143. The van der Waals surface area contributed by atoms with Gasteiger partial charge in [0.25, 0.3) is 10.9 Å². The zero-order valence-electron chi connectivity index (χ0n) is 21.4. The monoisotopic (exact) mass is 533 g/mol. The fourth-order valence-corrected chi connectivity index (χ4v) is 5.35. The molecule has 4 aromatic rings. The highest BCUT2D eigenvalue weighted by molar-refractivity contribution is 6.30. The fraction of sp³-hybridized carbons (Fsp3) is 0.310. The van der Waals surface area contributed by atoms with E-state index in [0.717, 1.165) is 29.2 Å². The standard InChI is InChI=1S/C29H28ClN3O5/c1-16-8-9-17(2)33(16)25-24(26(34)27(25)35)31-22(29(36)37-3)14-18-10-12-20(13-11-18)38-28-21-7-5-4-6-19(21)15-23(30)32-28/h4-7,10-13,15-17,22,31H,8-9,14H2,1-3H3/t16-,17-,22-/m0/s1. The fourth-order valence-electron chi connectivity index (χ4n) is 5.16. The third-order valence-corrected chi connectivity index (χ3v) is 7.35. The SMILES string of the molecule is COC(=O)[C@H](Cc1ccc(Oc2nc(Cl)cc3ccccc23)cc1)Nc1c(N2[C@@H](C)CC[C@@H]2C)c(=O)c1=O. The maximum atomic E-state index is 12.6.